The number of imidazole rings is 1. The van der Waals surface area contributed by atoms with Crippen LogP contribution in [0, 0.1) is 0 Å². The van der Waals surface area contributed by atoms with E-state index in [9.17, 15) is 4.79 Å². The molecule has 3 aromatic rings. The standard InChI is InChI=1S/C17H17N3O3/c1-4-23-17(21)11-9-13-15(14(10-11)22-3)20(2)16(19-13)12-7-5-6-8-18-12/h5-10H,4H2,1-3H3. The highest BCUT2D eigenvalue weighted by molar-refractivity contribution is 5.97. The highest BCUT2D eigenvalue weighted by Gasteiger charge is 2.18. The second-order valence-electron chi connectivity index (χ2n) is 4.98. The SMILES string of the molecule is CCOC(=O)c1cc(OC)c2c(c1)nc(-c1ccccn1)n2C. The summed E-state index contributed by atoms with van der Waals surface area (Å²) >= 11 is 0. The van der Waals surface area contributed by atoms with Crippen molar-refractivity contribution in [3.63, 3.8) is 0 Å². The molecule has 0 N–H and O–H groups in total. The average Bonchev–Trinajstić information content (AvgIpc) is 2.92. The van der Waals surface area contributed by atoms with Gasteiger partial charge in [0.15, 0.2) is 5.82 Å². The smallest absolute Gasteiger partial charge is 0.338 e. The highest BCUT2D eigenvalue weighted by Crippen LogP contribution is 2.31. The van der Waals surface area contributed by atoms with Crippen LogP contribution in [0.15, 0.2) is 36.5 Å². The van der Waals surface area contributed by atoms with E-state index in [4.69, 9.17) is 9.47 Å². The maximum atomic E-state index is 12.0. The summed E-state index contributed by atoms with van der Waals surface area (Å²) in [5, 5.41) is 0. The monoisotopic (exact) mass is 311 g/mol. The van der Waals surface area contributed by atoms with Gasteiger partial charge in [-0.25, -0.2) is 9.78 Å². The maximum Gasteiger partial charge on any atom is 0.338 e. The van der Waals surface area contributed by atoms with Crippen molar-refractivity contribution in [3.05, 3.63) is 42.1 Å². The number of hydrogen-bond acceptors (Lipinski definition) is 5. The molecule has 0 aliphatic carbocycles. The van der Waals surface area contributed by atoms with Gasteiger partial charge in [-0.05, 0) is 31.2 Å². The lowest BCUT2D eigenvalue weighted by Gasteiger charge is -2.08. The zero-order valence-corrected chi connectivity index (χ0v) is 13.2. The molecule has 0 saturated carbocycles. The number of hydrogen-bond donors (Lipinski definition) is 0. The number of methoxy groups -OCH3 is 1. The summed E-state index contributed by atoms with van der Waals surface area (Å²) < 4.78 is 12.4. The van der Waals surface area contributed by atoms with Crippen molar-refractivity contribution < 1.29 is 14.3 Å². The van der Waals surface area contributed by atoms with Crippen LogP contribution < -0.4 is 4.74 Å². The number of carbonyl (C=O) groups is 1. The van der Waals surface area contributed by atoms with Gasteiger partial charge < -0.3 is 14.0 Å². The number of nitrogens with zero attached hydrogens (tertiary/aromatic N) is 3. The molecule has 6 nitrogen and oxygen atoms in total. The van der Waals surface area contributed by atoms with Crippen LogP contribution in [0.25, 0.3) is 22.6 Å². The van der Waals surface area contributed by atoms with Gasteiger partial charge >= 0.3 is 5.97 Å². The van der Waals surface area contributed by atoms with Crippen molar-refractivity contribution in [3.8, 4) is 17.3 Å². The van der Waals surface area contributed by atoms with Gasteiger partial charge in [-0.15, -0.1) is 0 Å². The molecule has 0 fully saturated rings. The van der Waals surface area contributed by atoms with Crippen molar-refractivity contribution in [2.45, 2.75) is 6.92 Å². The summed E-state index contributed by atoms with van der Waals surface area (Å²) in [6.45, 7) is 2.09. The largest absolute Gasteiger partial charge is 0.494 e. The summed E-state index contributed by atoms with van der Waals surface area (Å²) in [5.74, 6) is 0.889. The molecule has 0 spiro atoms. The molecule has 0 aliphatic heterocycles. The Morgan fingerprint density at radius 2 is 2.13 bits per heavy atom. The Bertz CT molecular complexity index is 856. The molecule has 6 heteroatoms. The van der Waals surface area contributed by atoms with E-state index >= 15 is 0 Å². The number of carbonyl (C=O) groups excluding carboxylic acids is 1. The Morgan fingerprint density at radius 3 is 2.78 bits per heavy atom. The minimum atomic E-state index is -0.391. The number of esters is 1. The Hall–Kier alpha value is -2.89. The van der Waals surface area contributed by atoms with E-state index in [1.54, 1.807) is 32.4 Å². The quantitative estimate of drug-likeness (QED) is 0.693. The number of aromatic nitrogens is 3. The lowest BCUT2D eigenvalue weighted by Crippen LogP contribution is -2.05. The van der Waals surface area contributed by atoms with E-state index in [0.717, 1.165) is 11.2 Å². The number of aryl methyl sites for hydroxylation is 1. The summed E-state index contributed by atoms with van der Waals surface area (Å²) in [6, 6.07) is 9.03. The zero-order chi connectivity index (χ0) is 16.4. The Balaban J connectivity index is 2.21. The molecule has 0 unspecified atom stereocenters. The lowest BCUT2D eigenvalue weighted by molar-refractivity contribution is 0.0526. The van der Waals surface area contributed by atoms with Crippen molar-refractivity contribution in [2.24, 2.45) is 7.05 Å². The molecule has 2 aromatic heterocycles. The normalized spacial score (nSPS) is 10.7. The van der Waals surface area contributed by atoms with E-state index in [1.165, 1.54) is 0 Å². The zero-order valence-electron chi connectivity index (χ0n) is 13.2. The molecule has 0 bridgehead atoms. The number of ether oxygens (including phenoxy) is 2. The molecule has 0 atom stereocenters. The van der Waals surface area contributed by atoms with Crippen LogP contribution in [-0.4, -0.2) is 34.2 Å². The Labute approximate surface area is 133 Å². The topological polar surface area (TPSA) is 66.2 Å². The first-order valence-corrected chi connectivity index (χ1v) is 7.28. The number of pyridine rings is 1. The van der Waals surface area contributed by atoms with E-state index < -0.39 is 5.97 Å². The van der Waals surface area contributed by atoms with Gasteiger partial charge in [0.05, 0.1) is 24.8 Å². The molecular weight excluding hydrogens is 294 g/mol. The summed E-state index contributed by atoms with van der Waals surface area (Å²) in [7, 11) is 3.46. The molecule has 2 heterocycles. The molecule has 0 radical (unpaired) electrons. The van der Waals surface area contributed by atoms with E-state index in [1.807, 2.05) is 29.8 Å². The molecule has 118 valence electrons. The average molecular weight is 311 g/mol. The van der Waals surface area contributed by atoms with Gasteiger partial charge in [0.2, 0.25) is 0 Å². The van der Waals surface area contributed by atoms with Crippen molar-refractivity contribution >= 4 is 17.0 Å². The third-order valence-electron chi connectivity index (χ3n) is 3.56. The van der Waals surface area contributed by atoms with Crippen LogP contribution in [0.2, 0.25) is 0 Å². The summed E-state index contributed by atoms with van der Waals surface area (Å²) in [6.07, 6.45) is 1.72. The van der Waals surface area contributed by atoms with Gasteiger partial charge in [-0.1, -0.05) is 6.07 Å². The van der Waals surface area contributed by atoms with Crippen LogP contribution in [-0.2, 0) is 11.8 Å². The van der Waals surface area contributed by atoms with Gasteiger partial charge in [0.25, 0.3) is 0 Å². The fourth-order valence-corrected chi connectivity index (χ4v) is 2.52. The van der Waals surface area contributed by atoms with E-state index in [-0.39, 0.29) is 0 Å². The maximum absolute atomic E-state index is 12.0. The number of rotatable bonds is 4. The van der Waals surface area contributed by atoms with Crippen molar-refractivity contribution in [1.82, 2.24) is 14.5 Å². The first kappa shape index (κ1) is 15.0. The molecule has 1 aromatic carbocycles. The molecule has 0 aliphatic rings. The molecule has 0 amide bonds. The summed E-state index contributed by atoms with van der Waals surface area (Å²) in [4.78, 5) is 20.9. The van der Waals surface area contributed by atoms with Crippen LogP contribution in [0.5, 0.6) is 5.75 Å². The van der Waals surface area contributed by atoms with Crippen LogP contribution in [0.3, 0.4) is 0 Å². The van der Waals surface area contributed by atoms with Crippen LogP contribution in [0.4, 0.5) is 0 Å². The van der Waals surface area contributed by atoms with Gasteiger partial charge in [0, 0.05) is 13.2 Å². The van der Waals surface area contributed by atoms with E-state index in [2.05, 4.69) is 9.97 Å². The van der Waals surface area contributed by atoms with Crippen LogP contribution >= 0.6 is 0 Å². The third-order valence-corrected chi connectivity index (χ3v) is 3.56. The molecule has 23 heavy (non-hydrogen) atoms. The van der Waals surface area contributed by atoms with Crippen molar-refractivity contribution in [2.75, 3.05) is 13.7 Å². The second-order valence-corrected chi connectivity index (χ2v) is 4.98. The minimum Gasteiger partial charge on any atom is -0.494 e. The molecule has 3 rings (SSSR count). The van der Waals surface area contributed by atoms with Crippen LogP contribution in [0.1, 0.15) is 17.3 Å². The fraction of sp³-hybridized carbons (Fsp3) is 0.235. The predicted molar refractivity (Wildman–Crippen MR) is 86.5 cm³/mol. The molecular formula is C17H17N3O3. The van der Waals surface area contributed by atoms with E-state index in [0.29, 0.717) is 29.3 Å². The molecule has 0 saturated heterocycles. The predicted octanol–water partition coefficient (Wildman–Crippen LogP) is 2.82. The lowest BCUT2D eigenvalue weighted by atomic mass is 10.2. The van der Waals surface area contributed by atoms with Gasteiger partial charge in [-0.2, -0.15) is 0 Å². The minimum absolute atomic E-state index is 0.320. The Morgan fingerprint density at radius 1 is 1.30 bits per heavy atom. The number of benzene rings is 1. The fourth-order valence-electron chi connectivity index (χ4n) is 2.52. The van der Waals surface area contributed by atoms with Crippen molar-refractivity contribution in [1.29, 1.82) is 0 Å². The van der Waals surface area contributed by atoms with Gasteiger partial charge in [-0.3, -0.25) is 4.98 Å². The first-order valence-electron chi connectivity index (χ1n) is 7.28. The Kier molecular flexibility index (Phi) is 3.97. The summed E-state index contributed by atoms with van der Waals surface area (Å²) in [5.41, 5.74) is 2.64. The second kappa shape index (κ2) is 6.08. The third kappa shape index (κ3) is 2.63. The number of fused-ring (bicyclic) bond motifs is 1. The van der Waals surface area contributed by atoms with Gasteiger partial charge in [0.1, 0.15) is 17.0 Å². The first-order chi connectivity index (χ1) is 11.2. The highest BCUT2D eigenvalue weighted by atomic mass is 16.5.